The van der Waals surface area contributed by atoms with Gasteiger partial charge in [-0.15, -0.1) is 0 Å². The van der Waals surface area contributed by atoms with E-state index in [1.807, 2.05) is 0 Å². The second kappa shape index (κ2) is 6.92. The SMILES string of the molecule is CN(C)C(=O)NCCNS(=O)(=O)c1cc(N)c(F)cc1Cl. The Bertz CT molecular complexity index is 637. The Morgan fingerprint density at radius 1 is 1.38 bits per heavy atom. The zero-order valence-corrected chi connectivity index (χ0v) is 13.1. The molecule has 0 unspecified atom stereocenters. The average molecular weight is 339 g/mol. The molecule has 0 atom stereocenters. The zero-order chi connectivity index (χ0) is 16.2. The lowest BCUT2D eigenvalue weighted by Gasteiger charge is -2.13. The van der Waals surface area contributed by atoms with Crippen molar-refractivity contribution < 1.29 is 17.6 Å². The van der Waals surface area contributed by atoms with Crippen LogP contribution in [0.5, 0.6) is 0 Å². The van der Waals surface area contributed by atoms with Gasteiger partial charge in [0.1, 0.15) is 10.7 Å². The van der Waals surface area contributed by atoms with Gasteiger partial charge in [-0.1, -0.05) is 11.6 Å². The summed E-state index contributed by atoms with van der Waals surface area (Å²) in [7, 11) is -0.830. The van der Waals surface area contributed by atoms with Gasteiger partial charge >= 0.3 is 6.03 Å². The number of benzene rings is 1. The molecule has 1 aromatic rings. The van der Waals surface area contributed by atoms with Crippen molar-refractivity contribution in [1.29, 1.82) is 0 Å². The van der Waals surface area contributed by atoms with E-state index in [-0.39, 0.29) is 34.7 Å². The molecular weight excluding hydrogens is 323 g/mol. The first kappa shape index (κ1) is 17.5. The second-order valence-electron chi connectivity index (χ2n) is 4.33. The minimum absolute atomic E-state index is 0.0461. The summed E-state index contributed by atoms with van der Waals surface area (Å²) in [5, 5.41) is 2.21. The molecule has 0 aliphatic carbocycles. The number of nitrogens with zero attached hydrogens (tertiary/aromatic N) is 1. The topological polar surface area (TPSA) is 105 Å². The number of sulfonamides is 1. The highest BCUT2D eigenvalue weighted by Gasteiger charge is 2.19. The fourth-order valence-corrected chi connectivity index (χ4v) is 2.92. The summed E-state index contributed by atoms with van der Waals surface area (Å²) in [4.78, 5) is 12.2. The Morgan fingerprint density at radius 2 is 2.00 bits per heavy atom. The molecule has 0 radical (unpaired) electrons. The van der Waals surface area contributed by atoms with Crippen LogP contribution in [0.2, 0.25) is 5.02 Å². The van der Waals surface area contributed by atoms with Crippen LogP contribution in [-0.2, 0) is 10.0 Å². The maximum absolute atomic E-state index is 13.1. The number of halogens is 2. The Labute approximate surface area is 127 Å². The predicted molar refractivity (Wildman–Crippen MR) is 78.1 cm³/mol. The number of hydrogen-bond donors (Lipinski definition) is 3. The Morgan fingerprint density at radius 3 is 2.57 bits per heavy atom. The molecule has 0 aliphatic rings. The van der Waals surface area contributed by atoms with Crippen molar-refractivity contribution in [1.82, 2.24) is 14.9 Å². The van der Waals surface area contributed by atoms with Crippen LogP contribution in [0.1, 0.15) is 0 Å². The third kappa shape index (κ3) is 4.73. The van der Waals surface area contributed by atoms with Crippen LogP contribution >= 0.6 is 11.6 Å². The van der Waals surface area contributed by atoms with E-state index in [2.05, 4.69) is 10.0 Å². The number of nitrogen functional groups attached to an aromatic ring is 1. The average Bonchev–Trinajstić information content (AvgIpc) is 2.38. The number of anilines is 1. The van der Waals surface area contributed by atoms with Gasteiger partial charge in [-0.05, 0) is 12.1 Å². The predicted octanol–water partition coefficient (Wildman–Crippen LogP) is 0.611. The molecule has 21 heavy (non-hydrogen) atoms. The first-order chi connectivity index (χ1) is 9.65. The molecule has 2 amide bonds. The highest BCUT2D eigenvalue weighted by molar-refractivity contribution is 7.89. The van der Waals surface area contributed by atoms with Crippen molar-refractivity contribution in [2.24, 2.45) is 0 Å². The van der Waals surface area contributed by atoms with E-state index in [4.69, 9.17) is 17.3 Å². The standard InChI is InChI=1S/C11H16ClFN4O3S/c1-17(2)11(18)15-3-4-16-21(19,20)10-6-9(14)8(13)5-7(10)12/h5-6,16H,3-4,14H2,1-2H3,(H,15,18). The molecule has 1 rings (SSSR count). The molecule has 10 heteroatoms. The number of amides is 2. The molecule has 0 bridgehead atoms. The number of rotatable bonds is 5. The lowest BCUT2D eigenvalue weighted by atomic mass is 10.3. The first-order valence-corrected chi connectivity index (χ1v) is 7.70. The molecule has 1 aromatic carbocycles. The van der Waals surface area contributed by atoms with Gasteiger partial charge in [0.2, 0.25) is 10.0 Å². The largest absolute Gasteiger partial charge is 0.396 e. The fraction of sp³-hybridized carbons (Fsp3) is 0.364. The van der Waals surface area contributed by atoms with E-state index < -0.39 is 15.8 Å². The van der Waals surface area contributed by atoms with Crippen LogP contribution in [0.3, 0.4) is 0 Å². The Kier molecular flexibility index (Phi) is 5.76. The van der Waals surface area contributed by atoms with E-state index in [0.717, 1.165) is 12.1 Å². The molecule has 0 fully saturated rings. The van der Waals surface area contributed by atoms with Crippen molar-refractivity contribution in [2.45, 2.75) is 4.90 Å². The number of carbonyl (C=O) groups is 1. The number of carbonyl (C=O) groups excluding carboxylic acids is 1. The van der Waals surface area contributed by atoms with Gasteiger partial charge < -0.3 is 16.0 Å². The molecule has 4 N–H and O–H groups in total. The summed E-state index contributed by atoms with van der Waals surface area (Å²) < 4.78 is 39.4. The maximum atomic E-state index is 13.1. The monoisotopic (exact) mass is 338 g/mol. The molecule has 118 valence electrons. The van der Waals surface area contributed by atoms with Gasteiger partial charge in [-0.3, -0.25) is 0 Å². The molecule has 0 spiro atoms. The van der Waals surface area contributed by atoms with Crippen LogP contribution < -0.4 is 15.8 Å². The van der Waals surface area contributed by atoms with E-state index in [1.165, 1.54) is 4.90 Å². The lowest BCUT2D eigenvalue weighted by molar-refractivity contribution is 0.217. The smallest absolute Gasteiger partial charge is 0.316 e. The van der Waals surface area contributed by atoms with Crippen LogP contribution in [0, 0.1) is 5.82 Å². The van der Waals surface area contributed by atoms with E-state index in [9.17, 15) is 17.6 Å². The zero-order valence-electron chi connectivity index (χ0n) is 11.5. The summed E-state index contributed by atoms with van der Waals surface area (Å²) in [6.45, 7) is 0.0417. The highest BCUT2D eigenvalue weighted by Crippen LogP contribution is 2.25. The Balaban J connectivity index is 2.71. The molecule has 0 aliphatic heterocycles. The van der Waals surface area contributed by atoms with Gasteiger partial charge in [0.15, 0.2) is 0 Å². The van der Waals surface area contributed by atoms with Crippen molar-refractivity contribution >= 4 is 33.3 Å². The molecule has 0 heterocycles. The number of hydrogen-bond acceptors (Lipinski definition) is 4. The summed E-state index contributed by atoms with van der Waals surface area (Å²) in [5.74, 6) is -0.794. The molecule has 0 saturated carbocycles. The fourth-order valence-electron chi connectivity index (χ4n) is 1.34. The lowest BCUT2D eigenvalue weighted by Crippen LogP contribution is -2.39. The summed E-state index contributed by atoms with van der Waals surface area (Å²) in [6, 6.07) is 1.43. The van der Waals surface area contributed by atoms with E-state index >= 15 is 0 Å². The summed E-state index contributed by atoms with van der Waals surface area (Å²) in [5.41, 5.74) is 5.01. The van der Waals surface area contributed by atoms with Gasteiger partial charge in [0.25, 0.3) is 0 Å². The number of nitrogens with one attached hydrogen (secondary N) is 2. The number of nitrogens with two attached hydrogens (primary N) is 1. The van der Waals surface area contributed by atoms with Gasteiger partial charge in [-0.2, -0.15) is 0 Å². The minimum atomic E-state index is -3.94. The van der Waals surface area contributed by atoms with Gasteiger partial charge in [-0.25, -0.2) is 22.3 Å². The van der Waals surface area contributed by atoms with Gasteiger partial charge in [0, 0.05) is 27.2 Å². The summed E-state index contributed by atoms with van der Waals surface area (Å²) in [6.07, 6.45) is 0. The third-order valence-corrected chi connectivity index (χ3v) is 4.37. The van der Waals surface area contributed by atoms with Crippen molar-refractivity contribution in [3.63, 3.8) is 0 Å². The van der Waals surface area contributed by atoms with Crippen LogP contribution in [0.15, 0.2) is 17.0 Å². The van der Waals surface area contributed by atoms with Crippen molar-refractivity contribution in [3.05, 3.63) is 23.0 Å². The molecule has 7 nitrogen and oxygen atoms in total. The maximum Gasteiger partial charge on any atom is 0.316 e. The molecule has 0 aromatic heterocycles. The normalized spacial score (nSPS) is 11.2. The van der Waals surface area contributed by atoms with Gasteiger partial charge in [0.05, 0.1) is 10.7 Å². The highest BCUT2D eigenvalue weighted by atomic mass is 35.5. The molecular formula is C11H16ClFN4O3S. The van der Waals surface area contributed by atoms with E-state index in [1.54, 1.807) is 14.1 Å². The van der Waals surface area contributed by atoms with Crippen LogP contribution in [-0.4, -0.2) is 46.5 Å². The third-order valence-electron chi connectivity index (χ3n) is 2.44. The molecule has 0 saturated heterocycles. The minimum Gasteiger partial charge on any atom is -0.396 e. The number of urea groups is 1. The van der Waals surface area contributed by atoms with E-state index in [0.29, 0.717) is 0 Å². The van der Waals surface area contributed by atoms with Crippen LogP contribution in [0.25, 0.3) is 0 Å². The van der Waals surface area contributed by atoms with Crippen molar-refractivity contribution in [3.8, 4) is 0 Å². The summed E-state index contributed by atoms with van der Waals surface area (Å²) >= 11 is 5.70. The second-order valence-corrected chi connectivity index (χ2v) is 6.47. The van der Waals surface area contributed by atoms with Crippen LogP contribution in [0.4, 0.5) is 14.9 Å². The van der Waals surface area contributed by atoms with Crippen molar-refractivity contribution in [2.75, 3.05) is 32.9 Å². The quantitative estimate of drug-likeness (QED) is 0.540. The Hall–Kier alpha value is -1.58. The first-order valence-electron chi connectivity index (χ1n) is 5.84.